The Morgan fingerprint density at radius 2 is 1.79 bits per heavy atom. The number of nitrogens with one attached hydrogen (secondary N) is 1. The van der Waals surface area contributed by atoms with Crippen molar-refractivity contribution < 1.29 is 19.1 Å². The van der Waals surface area contributed by atoms with E-state index in [0.717, 1.165) is 24.8 Å². The molecule has 1 N–H and O–H groups in total. The van der Waals surface area contributed by atoms with Crippen LogP contribution in [0.5, 0.6) is 11.5 Å². The number of amides is 2. The van der Waals surface area contributed by atoms with E-state index < -0.39 is 0 Å². The number of carbonyl (C=O) groups is 2. The normalized spacial score (nSPS) is 28.7. The molecule has 2 aromatic carbocycles. The number of carbonyl (C=O) groups excluding carboxylic acids is 2. The maximum absolute atomic E-state index is 13.5. The second-order valence-corrected chi connectivity index (χ2v) is 13.1. The number of nitrogens with zero attached hydrogens (tertiary/aromatic N) is 1. The van der Waals surface area contributed by atoms with Gasteiger partial charge in [0, 0.05) is 10.6 Å². The van der Waals surface area contributed by atoms with E-state index in [-0.39, 0.29) is 17.2 Å². The van der Waals surface area contributed by atoms with Crippen molar-refractivity contribution in [1.82, 2.24) is 10.4 Å². The largest absolute Gasteiger partial charge is 0.493 e. The average Bonchev–Trinajstić information content (AvgIpc) is 3.15. The fraction of sp³-hybridized carbons (Fsp3) is 0.414. The standard InChI is InChI=1S/C29H29ClN2O4S2/c1-35-23-4-2-3-21(25(23)36-16-17-5-7-22(30)8-6-17)12-24-26(33)32(28(37)38-24)31-27(34)29-13-18-9-19(14-29)11-20(10-18)15-29/h2-8,12,18-20H,9-11,13-16H2,1H3,(H,31,34)/b24-12+. The summed E-state index contributed by atoms with van der Waals surface area (Å²) in [5.41, 5.74) is 4.19. The number of ether oxygens (including phenoxy) is 2. The van der Waals surface area contributed by atoms with Crippen molar-refractivity contribution in [3.63, 3.8) is 0 Å². The molecule has 2 amide bonds. The van der Waals surface area contributed by atoms with Crippen molar-refractivity contribution in [3.8, 4) is 11.5 Å². The molecule has 2 aromatic rings. The van der Waals surface area contributed by atoms with Gasteiger partial charge in [0.1, 0.15) is 6.61 Å². The van der Waals surface area contributed by atoms with E-state index in [9.17, 15) is 9.59 Å². The van der Waals surface area contributed by atoms with Gasteiger partial charge in [-0.3, -0.25) is 15.0 Å². The second kappa shape index (κ2) is 10.2. The number of hydrogen-bond donors (Lipinski definition) is 1. The minimum atomic E-state index is -0.364. The Hall–Kier alpha value is -2.55. The molecule has 4 saturated carbocycles. The quantitative estimate of drug-likeness (QED) is 0.309. The molecular weight excluding hydrogens is 540 g/mol. The van der Waals surface area contributed by atoms with Crippen LogP contribution in [0.2, 0.25) is 5.02 Å². The predicted octanol–water partition coefficient (Wildman–Crippen LogP) is 6.38. The van der Waals surface area contributed by atoms with Crippen LogP contribution in [0.1, 0.15) is 49.7 Å². The van der Waals surface area contributed by atoms with Gasteiger partial charge in [0.2, 0.25) is 5.91 Å². The van der Waals surface area contributed by atoms with Crippen molar-refractivity contribution >= 4 is 57.8 Å². The van der Waals surface area contributed by atoms with Crippen LogP contribution in [-0.4, -0.2) is 28.3 Å². The SMILES string of the molecule is COc1cccc(/C=C2/SC(=S)N(NC(=O)C34CC5CC(CC(C5)C3)C4)C2=O)c1OCc1ccc(Cl)cc1. The van der Waals surface area contributed by atoms with Crippen LogP contribution in [0.15, 0.2) is 47.4 Å². The van der Waals surface area contributed by atoms with Crippen LogP contribution >= 0.6 is 35.6 Å². The van der Waals surface area contributed by atoms with Crippen molar-refractivity contribution in [2.24, 2.45) is 23.2 Å². The summed E-state index contributed by atoms with van der Waals surface area (Å²) in [6, 6.07) is 12.9. The van der Waals surface area contributed by atoms with Crippen LogP contribution in [0.25, 0.3) is 6.08 Å². The molecule has 6 nitrogen and oxygen atoms in total. The third-order valence-electron chi connectivity index (χ3n) is 8.34. The maximum Gasteiger partial charge on any atom is 0.285 e. The van der Waals surface area contributed by atoms with Crippen molar-refractivity contribution in [2.75, 3.05) is 7.11 Å². The summed E-state index contributed by atoms with van der Waals surface area (Å²) in [6.07, 6.45) is 8.27. The van der Waals surface area contributed by atoms with Crippen LogP contribution in [0.3, 0.4) is 0 Å². The number of hydrazine groups is 1. The van der Waals surface area contributed by atoms with Crippen molar-refractivity contribution in [1.29, 1.82) is 0 Å². The third-order valence-corrected chi connectivity index (χ3v) is 9.89. The molecule has 7 rings (SSSR count). The minimum absolute atomic E-state index is 0.0532. The van der Waals surface area contributed by atoms with Gasteiger partial charge >= 0.3 is 0 Å². The number of hydrogen-bond acceptors (Lipinski definition) is 6. The fourth-order valence-electron chi connectivity index (χ4n) is 7.01. The first-order valence-electron chi connectivity index (χ1n) is 13.0. The van der Waals surface area contributed by atoms with E-state index in [2.05, 4.69) is 5.43 Å². The summed E-state index contributed by atoms with van der Waals surface area (Å²) in [4.78, 5) is 27.4. The number of para-hydroxylation sites is 1. The Kier molecular flexibility index (Phi) is 6.91. The van der Waals surface area contributed by atoms with Crippen LogP contribution in [0, 0.1) is 23.2 Å². The molecule has 1 aliphatic heterocycles. The summed E-state index contributed by atoms with van der Waals surface area (Å²) in [5, 5.41) is 1.91. The number of thiocarbonyl (C=S) groups is 1. The summed E-state index contributed by atoms with van der Waals surface area (Å²) < 4.78 is 12.0. The summed E-state index contributed by atoms with van der Waals surface area (Å²) in [7, 11) is 1.58. The van der Waals surface area contributed by atoms with Crippen LogP contribution in [0.4, 0.5) is 0 Å². The molecule has 0 spiro atoms. The van der Waals surface area contributed by atoms with Gasteiger partial charge in [0.25, 0.3) is 5.91 Å². The van der Waals surface area contributed by atoms with Crippen LogP contribution in [-0.2, 0) is 16.2 Å². The minimum Gasteiger partial charge on any atom is -0.493 e. The Morgan fingerprint density at radius 1 is 1.13 bits per heavy atom. The number of halogens is 1. The third kappa shape index (κ3) is 4.82. The van der Waals surface area contributed by atoms with Gasteiger partial charge < -0.3 is 9.47 Å². The Bertz CT molecular complexity index is 1290. The summed E-state index contributed by atoms with van der Waals surface area (Å²) in [6.45, 7) is 0.306. The first-order chi connectivity index (χ1) is 18.3. The molecule has 5 fully saturated rings. The topological polar surface area (TPSA) is 67.9 Å². The van der Waals surface area contributed by atoms with Crippen molar-refractivity contribution in [3.05, 3.63) is 63.5 Å². The van der Waals surface area contributed by atoms with E-state index >= 15 is 0 Å². The van der Waals surface area contributed by atoms with E-state index in [1.807, 2.05) is 42.5 Å². The van der Waals surface area contributed by atoms with Crippen molar-refractivity contribution in [2.45, 2.75) is 45.1 Å². The molecule has 1 heterocycles. The predicted molar refractivity (Wildman–Crippen MR) is 153 cm³/mol. The molecule has 4 bridgehead atoms. The molecule has 0 unspecified atom stereocenters. The lowest BCUT2D eigenvalue weighted by Gasteiger charge is -2.55. The maximum atomic E-state index is 13.5. The van der Waals surface area contributed by atoms with Gasteiger partial charge in [-0.2, -0.15) is 5.01 Å². The zero-order valence-electron chi connectivity index (χ0n) is 21.1. The average molecular weight is 569 g/mol. The molecular formula is C29H29ClN2O4S2. The first kappa shape index (κ1) is 25.7. The molecule has 198 valence electrons. The number of methoxy groups -OCH3 is 1. The molecule has 4 aliphatic carbocycles. The van der Waals surface area contributed by atoms with Gasteiger partial charge in [-0.1, -0.05) is 47.6 Å². The highest BCUT2D eigenvalue weighted by atomic mass is 35.5. The van der Waals surface area contributed by atoms with Gasteiger partial charge in [-0.25, -0.2) is 0 Å². The van der Waals surface area contributed by atoms with E-state index in [1.165, 1.54) is 36.0 Å². The van der Waals surface area contributed by atoms with Gasteiger partial charge in [-0.15, -0.1) is 0 Å². The zero-order chi connectivity index (χ0) is 26.4. The Balaban J connectivity index is 1.20. The lowest BCUT2D eigenvalue weighted by atomic mass is 9.49. The van der Waals surface area contributed by atoms with E-state index in [4.69, 9.17) is 33.3 Å². The molecule has 0 aromatic heterocycles. The fourth-order valence-corrected chi connectivity index (χ4v) is 8.31. The van der Waals surface area contributed by atoms with E-state index in [1.54, 1.807) is 13.2 Å². The molecule has 5 aliphatic rings. The van der Waals surface area contributed by atoms with Gasteiger partial charge in [0.15, 0.2) is 15.8 Å². The van der Waals surface area contributed by atoms with Crippen LogP contribution < -0.4 is 14.9 Å². The molecule has 9 heteroatoms. The second-order valence-electron chi connectivity index (χ2n) is 10.9. The highest BCUT2D eigenvalue weighted by Gasteiger charge is 2.55. The monoisotopic (exact) mass is 568 g/mol. The molecule has 0 atom stereocenters. The van der Waals surface area contributed by atoms with Gasteiger partial charge in [-0.05, 0) is 98.3 Å². The highest BCUT2D eigenvalue weighted by Crippen LogP contribution is 2.60. The number of thioether (sulfide) groups is 1. The number of benzene rings is 2. The molecule has 1 saturated heterocycles. The molecule has 38 heavy (non-hydrogen) atoms. The van der Waals surface area contributed by atoms with E-state index in [0.29, 0.717) is 55.7 Å². The number of rotatable bonds is 7. The summed E-state index contributed by atoms with van der Waals surface area (Å²) >= 11 is 12.7. The lowest BCUT2D eigenvalue weighted by molar-refractivity contribution is -0.152. The lowest BCUT2D eigenvalue weighted by Crippen LogP contribution is -2.57. The van der Waals surface area contributed by atoms with Gasteiger partial charge in [0.05, 0.1) is 17.4 Å². The highest BCUT2D eigenvalue weighted by molar-refractivity contribution is 8.26. The zero-order valence-corrected chi connectivity index (χ0v) is 23.5. The Labute approximate surface area is 237 Å². The first-order valence-corrected chi connectivity index (χ1v) is 14.6. The summed E-state index contributed by atoms with van der Waals surface area (Å²) in [5.74, 6) is 2.60. The molecule has 0 radical (unpaired) electrons. The Morgan fingerprint density at radius 3 is 2.42 bits per heavy atom. The smallest absolute Gasteiger partial charge is 0.285 e.